The number of fused-ring (bicyclic) bond motifs is 1. The highest BCUT2D eigenvalue weighted by Gasteiger charge is 2.15. The third-order valence-electron chi connectivity index (χ3n) is 3.47. The molecule has 3 nitrogen and oxygen atoms in total. The molecule has 0 aliphatic heterocycles. The normalized spacial score (nSPS) is 12.3. The van der Waals surface area contributed by atoms with Crippen LogP contribution in [0.15, 0.2) is 54.7 Å². The van der Waals surface area contributed by atoms with Gasteiger partial charge in [-0.15, -0.1) is 0 Å². The van der Waals surface area contributed by atoms with Gasteiger partial charge in [0.15, 0.2) is 0 Å². The number of benzene rings is 2. The van der Waals surface area contributed by atoms with E-state index in [2.05, 4.69) is 4.98 Å². The van der Waals surface area contributed by atoms with Crippen LogP contribution in [0.4, 0.5) is 0 Å². The van der Waals surface area contributed by atoms with Gasteiger partial charge in [-0.2, -0.15) is 0 Å². The van der Waals surface area contributed by atoms with Gasteiger partial charge >= 0.3 is 0 Å². The Morgan fingerprint density at radius 2 is 1.86 bits per heavy atom. The van der Waals surface area contributed by atoms with Crippen molar-refractivity contribution in [2.75, 3.05) is 7.11 Å². The van der Waals surface area contributed by atoms with Gasteiger partial charge in [-0.25, -0.2) is 0 Å². The van der Waals surface area contributed by atoms with Gasteiger partial charge in [0.2, 0.25) is 0 Å². The number of nitrogens with zero attached hydrogens (tertiary/aromatic N) is 1. The highest BCUT2D eigenvalue weighted by Crippen LogP contribution is 2.32. The predicted octanol–water partition coefficient (Wildman–Crippen LogP) is 3.98. The molecule has 4 heteroatoms. The molecule has 0 radical (unpaired) electrons. The molecule has 106 valence electrons. The molecule has 1 unspecified atom stereocenters. The number of pyridine rings is 1. The summed E-state index contributed by atoms with van der Waals surface area (Å²) in [6, 6.07) is 14.7. The van der Waals surface area contributed by atoms with Crippen LogP contribution in [-0.2, 0) is 0 Å². The third kappa shape index (κ3) is 2.58. The minimum atomic E-state index is -0.759. The lowest BCUT2D eigenvalue weighted by Crippen LogP contribution is -2.01. The van der Waals surface area contributed by atoms with Crippen LogP contribution < -0.4 is 4.74 Å². The van der Waals surface area contributed by atoms with Crippen molar-refractivity contribution in [1.29, 1.82) is 0 Å². The first-order valence-corrected chi connectivity index (χ1v) is 6.93. The molecule has 0 saturated heterocycles. The molecular formula is C17H14ClNO2. The van der Waals surface area contributed by atoms with Crippen molar-refractivity contribution in [2.24, 2.45) is 0 Å². The Kier molecular flexibility index (Phi) is 3.78. The topological polar surface area (TPSA) is 42.4 Å². The molecule has 0 saturated carbocycles. The van der Waals surface area contributed by atoms with Gasteiger partial charge in [0.25, 0.3) is 0 Å². The van der Waals surface area contributed by atoms with Crippen molar-refractivity contribution in [3.8, 4) is 5.75 Å². The summed E-state index contributed by atoms with van der Waals surface area (Å²) in [5.74, 6) is 0.755. The fourth-order valence-electron chi connectivity index (χ4n) is 2.35. The maximum absolute atomic E-state index is 10.6. The minimum Gasteiger partial charge on any atom is -0.497 e. The van der Waals surface area contributed by atoms with Crippen LogP contribution in [0.1, 0.15) is 17.2 Å². The second-order valence-electron chi connectivity index (χ2n) is 4.71. The molecule has 3 rings (SSSR count). The average molecular weight is 300 g/mol. The van der Waals surface area contributed by atoms with Gasteiger partial charge in [-0.05, 0) is 35.9 Å². The number of aliphatic hydroxyl groups excluding tert-OH is 1. The number of hydrogen-bond donors (Lipinski definition) is 1. The van der Waals surface area contributed by atoms with Crippen LogP contribution in [0, 0.1) is 0 Å². The minimum absolute atomic E-state index is 0.629. The molecule has 0 aliphatic rings. The van der Waals surface area contributed by atoms with E-state index >= 15 is 0 Å². The van der Waals surface area contributed by atoms with Gasteiger partial charge in [0.1, 0.15) is 11.9 Å². The van der Waals surface area contributed by atoms with Gasteiger partial charge in [-0.1, -0.05) is 29.8 Å². The maximum Gasteiger partial charge on any atom is 0.118 e. The van der Waals surface area contributed by atoms with Crippen LogP contribution in [0.2, 0.25) is 5.02 Å². The van der Waals surface area contributed by atoms with E-state index in [4.69, 9.17) is 16.3 Å². The molecule has 21 heavy (non-hydrogen) atoms. The third-order valence-corrected chi connectivity index (χ3v) is 3.80. The van der Waals surface area contributed by atoms with E-state index in [-0.39, 0.29) is 0 Å². The number of aromatic nitrogens is 1. The first-order chi connectivity index (χ1) is 10.2. The van der Waals surface area contributed by atoms with Crippen molar-refractivity contribution in [2.45, 2.75) is 6.10 Å². The van der Waals surface area contributed by atoms with Gasteiger partial charge in [0.05, 0.1) is 12.6 Å². The smallest absolute Gasteiger partial charge is 0.118 e. The summed E-state index contributed by atoms with van der Waals surface area (Å²) in [6.45, 7) is 0. The van der Waals surface area contributed by atoms with E-state index in [1.54, 1.807) is 19.4 Å². The molecule has 1 aromatic heterocycles. The molecule has 0 bridgehead atoms. The summed E-state index contributed by atoms with van der Waals surface area (Å²) in [5, 5.41) is 12.1. The lowest BCUT2D eigenvalue weighted by molar-refractivity contribution is 0.221. The fraction of sp³-hybridized carbons (Fsp3) is 0.118. The molecule has 0 aliphatic carbocycles. The highest BCUT2D eigenvalue weighted by atomic mass is 35.5. The van der Waals surface area contributed by atoms with Crippen LogP contribution in [-0.4, -0.2) is 17.2 Å². The van der Waals surface area contributed by atoms with Crippen molar-refractivity contribution < 1.29 is 9.84 Å². The maximum atomic E-state index is 10.6. The van der Waals surface area contributed by atoms with Crippen molar-refractivity contribution >= 4 is 22.5 Å². The second kappa shape index (κ2) is 5.72. The molecule has 0 spiro atoms. The lowest BCUT2D eigenvalue weighted by atomic mass is 9.99. The largest absolute Gasteiger partial charge is 0.497 e. The number of halogens is 1. The Labute approximate surface area is 127 Å². The van der Waals surface area contributed by atoms with E-state index in [1.165, 1.54) is 0 Å². The van der Waals surface area contributed by atoms with Gasteiger partial charge in [0, 0.05) is 22.2 Å². The van der Waals surface area contributed by atoms with Crippen molar-refractivity contribution in [3.05, 3.63) is 70.9 Å². The molecular weight excluding hydrogens is 286 g/mol. The van der Waals surface area contributed by atoms with E-state index < -0.39 is 6.10 Å². The number of methoxy groups -OCH3 is 1. The summed E-state index contributed by atoms with van der Waals surface area (Å²) in [5.41, 5.74) is 2.23. The summed E-state index contributed by atoms with van der Waals surface area (Å²) >= 11 is 6.18. The zero-order valence-electron chi connectivity index (χ0n) is 11.5. The van der Waals surface area contributed by atoms with E-state index in [1.807, 2.05) is 42.5 Å². The first kappa shape index (κ1) is 13.9. The molecule has 0 fully saturated rings. The van der Waals surface area contributed by atoms with Gasteiger partial charge < -0.3 is 9.84 Å². The fourth-order valence-corrected chi connectivity index (χ4v) is 2.56. The van der Waals surface area contributed by atoms with Crippen LogP contribution in [0.25, 0.3) is 10.9 Å². The predicted molar refractivity (Wildman–Crippen MR) is 83.8 cm³/mol. The van der Waals surface area contributed by atoms with E-state index in [9.17, 15) is 5.11 Å². The standard InChI is InChI=1S/C17H14ClNO2/c1-21-12-6-4-11(5-7-12)17(20)14-8-9-15(18)13-3-2-10-19-16(13)14/h2-10,17,20H,1H3. The zero-order chi connectivity index (χ0) is 14.8. The SMILES string of the molecule is COc1ccc(C(O)c2ccc(Cl)c3cccnc23)cc1. The first-order valence-electron chi connectivity index (χ1n) is 6.56. The number of rotatable bonds is 3. The molecule has 0 amide bonds. The van der Waals surface area contributed by atoms with Crippen LogP contribution in [0.3, 0.4) is 0 Å². The lowest BCUT2D eigenvalue weighted by Gasteiger charge is -2.14. The summed E-state index contributed by atoms with van der Waals surface area (Å²) in [7, 11) is 1.61. The Bertz CT molecular complexity index is 771. The van der Waals surface area contributed by atoms with Crippen molar-refractivity contribution in [1.82, 2.24) is 4.98 Å². The summed E-state index contributed by atoms with van der Waals surface area (Å²) < 4.78 is 5.13. The molecule has 1 N–H and O–H groups in total. The molecule has 1 atom stereocenters. The molecule has 2 aromatic carbocycles. The number of hydrogen-bond acceptors (Lipinski definition) is 3. The van der Waals surface area contributed by atoms with Crippen molar-refractivity contribution in [3.63, 3.8) is 0 Å². The van der Waals surface area contributed by atoms with E-state index in [0.717, 1.165) is 22.3 Å². The quantitative estimate of drug-likeness (QED) is 0.795. The Balaban J connectivity index is 2.08. The summed E-state index contributed by atoms with van der Waals surface area (Å²) in [6.07, 6.45) is 0.939. The summed E-state index contributed by atoms with van der Waals surface area (Å²) in [4.78, 5) is 4.35. The second-order valence-corrected chi connectivity index (χ2v) is 5.12. The average Bonchev–Trinajstić information content (AvgIpc) is 2.55. The van der Waals surface area contributed by atoms with Crippen LogP contribution in [0.5, 0.6) is 5.75 Å². The van der Waals surface area contributed by atoms with Crippen LogP contribution >= 0.6 is 11.6 Å². The van der Waals surface area contributed by atoms with E-state index in [0.29, 0.717) is 10.5 Å². The highest BCUT2D eigenvalue weighted by molar-refractivity contribution is 6.35. The molecule has 3 aromatic rings. The monoisotopic (exact) mass is 299 g/mol. The molecule has 1 heterocycles. The zero-order valence-corrected chi connectivity index (χ0v) is 12.2. The Morgan fingerprint density at radius 3 is 2.57 bits per heavy atom. The number of aliphatic hydroxyl groups is 1. The van der Waals surface area contributed by atoms with Gasteiger partial charge in [-0.3, -0.25) is 4.98 Å². The number of ether oxygens (including phenoxy) is 1. The Morgan fingerprint density at radius 1 is 1.10 bits per heavy atom. The Hall–Kier alpha value is -2.10.